The predicted molar refractivity (Wildman–Crippen MR) is 128 cm³/mol. The van der Waals surface area contributed by atoms with E-state index < -0.39 is 0 Å². The number of carbonyl (C=O) groups excluding carboxylic acids is 2. The summed E-state index contributed by atoms with van der Waals surface area (Å²) in [6.07, 6.45) is 2.00. The Kier molecular flexibility index (Phi) is 7.87. The minimum Gasteiger partial charge on any atom is -0.348 e. The van der Waals surface area contributed by atoms with E-state index >= 15 is 0 Å². The first-order chi connectivity index (χ1) is 15.0. The fourth-order valence-corrected chi connectivity index (χ4v) is 3.56. The fraction of sp³-hybridized carbons (Fsp3) is 0.200. The van der Waals surface area contributed by atoms with Gasteiger partial charge in [-0.2, -0.15) is 0 Å². The molecule has 3 rings (SSSR count). The van der Waals surface area contributed by atoms with Crippen LogP contribution in [0.5, 0.6) is 0 Å². The molecule has 0 radical (unpaired) electrons. The van der Waals surface area contributed by atoms with Gasteiger partial charge in [-0.15, -0.1) is 11.8 Å². The largest absolute Gasteiger partial charge is 0.348 e. The van der Waals surface area contributed by atoms with E-state index in [9.17, 15) is 9.59 Å². The highest BCUT2D eigenvalue weighted by Gasteiger charge is 2.18. The number of anilines is 1. The molecule has 3 aromatic carbocycles. The third-order valence-corrected chi connectivity index (χ3v) is 5.46. The summed E-state index contributed by atoms with van der Waals surface area (Å²) in [6.45, 7) is 0.819. The normalized spacial score (nSPS) is 10.7. The molecule has 0 aliphatic rings. The molecule has 0 fully saturated rings. The molecule has 0 unspecified atom stereocenters. The maximum Gasteiger partial charge on any atom is 0.259 e. The van der Waals surface area contributed by atoms with Crippen LogP contribution in [0.2, 0.25) is 0 Å². The van der Waals surface area contributed by atoms with Crippen molar-refractivity contribution in [3.63, 3.8) is 0 Å². The van der Waals surface area contributed by atoms with Gasteiger partial charge >= 0.3 is 0 Å². The molecule has 160 valence electrons. The zero-order valence-electron chi connectivity index (χ0n) is 18.0. The van der Waals surface area contributed by atoms with Gasteiger partial charge in [0.15, 0.2) is 0 Å². The first kappa shape index (κ1) is 22.6. The average Bonchev–Trinajstić information content (AvgIpc) is 2.81. The molecule has 1 N–H and O–H groups in total. The lowest BCUT2D eigenvalue weighted by atomic mass is 10.1. The quantitative estimate of drug-likeness (QED) is 0.420. The molecular weight excluding hydrogens is 406 g/mol. The molecule has 0 aliphatic heterocycles. The Labute approximate surface area is 188 Å². The van der Waals surface area contributed by atoms with E-state index in [1.165, 1.54) is 0 Å². The van der Waals surface area contributed by atoms with Crippen LogP contribution in [-0.2, 0) is 6.54 Å². The van der Waals surface area contributed by atoms with Gasteiger partial charge < -0.3 is 5.32 Å². The number of hydrogen-bond donors (Lipinski definition) is 1. The van der Waals surface area contributed by atoms with Crippen molar-refractivity contribution in [1.29, 1.82) is 0 Å². The van der Waals surface area contributed by atoms with Gasteiger partial charge in [-0.05, 0) is 74.4 Å². The van der Waals surface area contributed by atoms with Gasteiger partial charge in [-0.25, -0.2) is 0 Å². The van der Waals surface area contributed by atoms with Crippen molar-refractivity contribution in [3.05, 3.63) is 95.6 Å². The molecule has 0 spiro atoms. The fourth-order valence-electron chi connectivity index (χ4n) is 3.15. The second-order valence-corrected chi connectivity index (χ2v) is 8.28. The summed E-state index contributed by atoms with van der Waals surface area (Å²) in [5.41, 5.74) is 2.92. The molecule has 0 heterocycles. The summed E-state index contributed by atoms with van der Waals surface area (Å²) in [6, 6.07) is 24.5. The molecule has 0 saturated carbocycles. The molecule has 3 aromatic rings. The van der Waals surface area contributed by atoms with Crippen molar-refractivity contribution >= 4 is 29.3 Å². The predicted octanol–water partition coefficient (Wildman–Crippen LogP) is 4.50. The smallest absolute Gasteiger partial charge is 0.259 e. The number of carbonyl (C=O) groups is 2. The summed E-state index contributed by atoms with van der Waals surface area (Å²) in [5, 5.41) is 2.93. The topological polar surface area (TPSA) is 52.7 Å². The number of nitrogens with zero attached hydrogens (tertiary/aromatic N) is 2. The minimum atomic E-state index is -0.136. The summed E-state index contributed by atoms with van der Waals surface area (Å²) >= 11 is 1.64. The number of benzene rings is 3. The Morgan fingerprint density at radius 2 is 1.58 bits per heavy atom. The Balaban J connectivity index is 1.72. The molecule has 0 atom stereocenters. The van der Waals surface area contributed by atoms with Crippen LogP contribution in [0.15, 0.2) is 83.8 Å². The van der Waals surface area contributed by atoms with E-state index in [0.29, 0.717) is 24.3 Å². The number of amides is 2. The number of thioether (sulfide) groups is 1. The van der Waals surface area contributed by atoms with Crippen molar-refractivity contribution in [2.75, 3.05) is 31.9 Å². The maximum absolute atomic E-state index is 13.3. The van der Waals surface area contributed by atoms with E-state index in [1.54, 1.807) is 22.7 Å². The standard InChI is InChI=1S/C25H27N3O2S/c1-27(2)18-28(22-10-5-4-6-11-22)25(30)21-9-7-8-19(16-21)17-26-24(29)20-12-14-23(31-3)15-13-20/h4-16H,17-18H2,1-3H3,(H,26,29). The molecule has 0 aromatic heterocycles. The second-order valence-electron chi connectivity index (χ2n) is 7.40. The third-order valence-electron chi connectivity index (χ3n) is 4.72. The van der Waals surface area contributed by atoms with Gasteiger partial charge in [0, 0.05) is 28.3 Å². The van der Waals surface area contributed by atoms with Crippen molar-refractivity contribution in [2.45, 2.75) is 11.4 Å². The lowest BCUT2D eigenvalue weighted by Crippen LogP contribution is -2.38. The average molecular weight is 434 g/mol. The highest BCUT2D eigenvalue weighted by Crippen LogP contribution is 2.18. The van der Waals surface area contributed by atoms with Crippen LogP contribution >= 0.6 is 11.8 Å². The molecule has 0 saturated heterocycles. The van der Waals surface area contributed by atoms with Gasteiger partial charge in [0.2, 0.25) is 0 Å². The van der Waals surface area contributed by atoms with Crippen molar-refractivity contribution in [3.8, 4) is 0 Å². The Morgan fingerprint density at radius 1 is 0.871 bits per heavy atom. The lowest BCUT2D eigenvalue weighted by molar-refractivity contribution is 0.0949. The van der Waals surface area contributed by atoms with Crippen molar-refractivity contribution in [1.82, 2.24) is 10.2 Å². The first-order valence-electron chi connectivity index (χ1n) is 10.0. The summed E-state index contributed by atoms with van der Waals surface area (Å²) < 4.78 is 0. The number of para-hydroxylation sites is 1. The lowest BCUT2D eigenvalue weighted by Gasteiger charge is -2.26. The van der Waals surface area contributed by atoms with Crippen LogP contribution in [0.25, 0.3) is 0 Å². The highest BCUT2D eigenvalue weighted by atomic mass is 32.2. The molecule has 0 bridgehead atoms. The Hall–Kier alpha value is -3.09. The SMILES string of the molecule is CSc1ccc(C(=O)NCc2cccc(C(=O)N(CN(C)C)c3ccccc3)c2)cc1. The number of rotatable bonds is 8. The zero-order chi connectivity index (χ0) is 22.2. The minimum absolute atomic E-state index is 0.0827. The van der Waals surface area contributed by atoms with Crippen LogP contribution in [0.3, 0.4) is 0 Å². The van der Waals surface area contributed by atoms with Crippen LogP contribution in [0, 0.1) is 0 Å². The van der Waals surface area contributed by atoms with Gasteiger partial charge in [-0.1, -0.05) is 30.3 Å². The van der Waals surface area contributed by atoms with E-state index in [1.807, 2.05) is 98.0 Å². The van der Waals surface area contributed by atoms with Crippen molar-refractivity contribution < 1.29 is 9.59 Å². The number of nitrogens with one attached hydrogen (secondary N) is 1. The summed E-state index contributed by atoms with van der Waals surface area (Å²) in [7, 11) is 3.86. The first-order valence-corrected chi connectivity index (χ1v) is 11.2. The van der Waals surface area contributed by atoms with Crippen LogP contribution in [0.1, 0.15) is 26.3 Å². The van der Waals surface area contributed by atoms with Crippen LogP contribution in [-0.4, -0.2) is 43.7 Å². The number of hydrogen-bond acceptors (Lipinski definition) is 4. The molecular formula is C25H27N3O2S. The zero-order valence-corrected chi connectivity index (χ0v) is 18.9. The molecule has 5 nitrogen and oxygen atoms in total. The Bertz CT molecular complexity index is 1020. The highest BCUT2D eigenvalue weighted by molar-refractivity contribution is 7.98. The van der Waals surface area contributed by atoms with Crippen LogP contribution < -0.4 is 10.2 Å². The maximum atomic E-state index is 13.3. The van der Waals surface area contributed by atoms with E-state index in [0.717, 1.165) is 16.1 Å². The molecule has 6 heteroatoms. The van der Waals surface area contributed by atoms with Gasteiger partial charge in [0.25, 0.3) is 11.8 Å². The van der Waals surface area contributed by atoms with Crippen molar-refractivity contribution in [2.24, 2.45) is 0 Å². The molecule has 0 aliphatic carbocycles. The van der Waals surface area contributed by atoms with Crippen LogP contribution in [0.4, 0.5) is 5.69 Å². The second kappa shape index (κ2) is 10.8. The monoisotopic (exact) mass is 433 g/mol. The van der Waals surface area contributed by atoms with E-state index in [2.05, 4.69) is 5.32 Å². The third kappa shape index (κ3) is 6.20. The molecule has 31 heavy (non-hydrogen) atoms. The molecule has 2 amide bonds. The van der Waals surface area contributed by atoms with Gasteiger partial charge in [0.05, 0.1) is 6.67 Å². The van der Waals surface area contributed by atoms with Gasteiger partial charge in [-0.3, -0.25) is 19.4 Å². The Morgan fingerprint density at radius 3 is 2.23 bits per heavy atom. The summed E-state index contributed by atoms with van der Waals surface area (Å²) in [5.74, 6) is -0.219. The van der Waals surface area contributed by atoms with E-state index in [4.69, 9.17) is 0 Å². The van der Waals surface area contributed by atoms with Gasteiger partial charge in [0.1, 0.15) is 0 Å². The van der Waals surface area contributed by atoms with E-state index in [-0.39, 0.29) is 11.8 Å². The summed E-state index contributed by atoms with van der Waals surface area (Å²) in [4.78, 5) is 30.5.